The van der Waals surface area contributed by atoms with E-state index in [2.05, 4.69) is 10.2 Å². The van der Waals surface area contributed by atoms with Gasteiger partial charge in [0.25, 0.3) is 0 Å². The number of aromatic nitrogens is 1. The number of carbonyl (C=O) groups excluding carboxylic acids is 1. The first kappa shape index (κ1) is 15.3. The van der Waals surface area contributed by atoms with Crippen LogP contribution in [-0.4, -0.2) is 28.6 Å². The van der Waals surface area contributed by atoms with Crippen LogP contribution in [0.25, 0.3) is 10.9 Å². The van der Waals surface area contributed by atoms with Crippen molar-refractivity contribution in [1.29, 1.82) is 0 Å². The van der Waals surface area contributed by atoms with Crippen molar-refractivity contribution in [2.75, 3.05) is 0 Å². The molecule has 6 heteroatoms. The van der Waals surface area contributed by atoms with Crippen molar-refractivity contribution in [1.82, 2.24) is 4.98 Å². The molecular weight excluding hydrogens is 315 g/mol. The summed E-state index contributed by atoms with van der Waals surface area (Å²) < 4.78 is 6.16. The number of aromatic amines is 1. The third-order valence-electron chi connectivity index (χ3n) is 7.12. The van der Waals surface area contributed by atoms with Gasteiger partial charge in [0.05, 0.1) is 0 Å². The molecule has 3 saturated heterocycles. The molecule has 3 aliphatic rings. The molecule has 5 rings (SSSR count). The second kappa shape index (κ2) is 5.53. The van der Waals surface area contributed by atoms with Crippen molar-refractivity contribution in [2.45, 2.75) is 62.6 Å². The zero-order valence-electron chi connectivity index (χ0n) is 14.4. The van der Waals surface area contributed by atoms with Crippen LogP contribution in [0, 0.1) is 0 Å². The Labute approximate surface area is 147 Å². The van der Waals surface area contributed by atoms with E-state index >= 15 is 0 Å². The van der Waals surface area contributed by atoms with Crippen LogP contribution in [0.15, 0.2) is 24.4 Å². The minimum absolute atomic E-state index is 0.0340. The number of nitrogens with one attached hydrogen (secondary N) is 1. The lowest BCUT2D eigenvalue weighted by atomic mass is 9.28. The number of rotatable bonds is 2. The van der Waals surface area contributed by atoms with E-state index in [1.807, 2.05) is 12.3 Å². The van der Waals surface area contributed by atoms with E-state index in [9.17, 15) is 9.90 Å². The van der Waals surface area contributed by atoms with Gasteiger partial charge in [-0.2, -0.15) is 0 Å². The average Bonchev–Trinajstić information content (AvgIpc) is 3.09. The maximum atomic E-state index is 12.7. The number of hydrogen-bond acceptors (Lipinski definition) is 3. The molecule has 0 aliphatic carbocycles. The zero-order chi connectivity index (χ0) is 17.0. The van der Waals surface area contributed by atoms with E-state index in [-0.39, 0.29) is 17.8 Å². The molecule has 4 heterocycles. The molecular formula is C19H25BN2O3. The van der Waals surface area contributed by atoms with E-state index in [4.69, 9.17) is 4.65 Å². The van der Waals surface area contributed by atoms with Gasteiger partial charge in [-0.3, -0.25) is 4.79 Å². The number of nitrogens with two attached hydrogens (primary N) is 1. The molecule has 2 bridgehead atoms. The van der Waals surface area contributed by atoms with Crippen LogP contribution in [0.5, 0.6) is 5.75 Å². The molecule has 3 aliphatic heterocycles. The molecule has 0 amide bonds. The number of quaternary nitrogens is 1. The van der Waals surface area contributed by atoms with Gasteiger partial charge in [-0.15, -0.1) is 0 Å². The second-order valence-corrected chi connectivity index (χ2v) is 8.35. The van der Waals surface area contributed by atoms with E-state index < -0.39 is 6.48 Å². The molecule has 1 aromatic heterocycles. The molecule has 25 heavy (non-hydrogen) atoms. The summed E-state index contributed by atoms with van der Waals surface area (Å²) in [6.07, 6.45) is 10.1. The van der Waals surface area contributed by atoms with E-state index in [1.165, 1.54) is 38.5 Å². The number of phenolic OH excluding ortho intramolecular Hbond substituents is 1. The predicted molar refractivity (Wildman–Crippen MR) is 96.4 cm³/mol. The molecule has 1 atom stereocenters. The lowest BCUT2D eigenvalue weighted by molar-refractivity contribution is -0.559. The third kappa shape index (κ3) is 2.30. The highest BCUT2D eigenvalue weighted by molar-refractivity contribution is 6.71. The van der Waals surface area contributed by atoms with Gasteiger partial charge in [-0.05, 0) is 23.8 Å². The monoisotopic (exact) mass is 340 g/mol. The number of fused-ring (bicyclic) bond motifs is 1. The highest BCUT2D eigenvalue weighted by atomic mass is 16.5. The molecule has 0 saturated carbocycles. The standard InChI is InChI=1S/C19H25BN2O3/c23-15-7-8-17-16(10-15)12(11-21-17)9-18-19(24)25-20(22-18)13-3-1-4-14(20)6-2-5-13/h7-8,10-11,13-14,18,21,23H,1-6,9,22H2/t13?,14?,18-,20?/m0/s1. The fourth-order valence-electron chi connectivity index (χ4n) is 6.00. The summed E-state index contributed by atoms with van der Waals surface area (Å²) in [5, 5.41) is 13.1. The largest absolute Gasteiger partial charge is 0.634 e. The number of benzene rings is 1. The molecule has 5 nitrogen and oxygen atoms in total. The molecule has 1 aromatic carbocycles. The predicted octanol–water partition coefficient (Wildman–Crippen LogP) is 2.46. The van der Waals surface area contributed by atoms with Crippen LogP contribution in [0.4, 0.5) is 0 Å². The summed E-state index contributed by atoms with van der Waals surface area (Å²) in [4.78, 5) is 16.0. The molecule has 0 radical (unpaired) electrons. The number of aromatic hydroxyl groups is 1. The minimum Gasteiger partial charge on any atom is -0.634 e. The molecule has 1 spiro atoms. The van der Waals surface area contributed by atoms with Crippen molar-refractivity contribution in [3.8, 4) is 5.75 Å². The Morgan fingerprint density at radius 2 is 1.92 bits per heavy atom. The van der Waals surface area contributed by atoms with E-state index in [0.29, 0.717) is 18.1 Å². The van der Waals surface area contributed by atoms with Gasteiger partial charge in [-0.25, -0.2) is 0 Å². The van der Waals surface area contributed by atoms with Crippen molar-refractivity contribution in [3.05, 3.63) is 30.0 Å². The number of carbonyl (C=O) groups is 1. The van der Waals surface area contributed by atoms with Crippen molar-refractivity contribution in [3.63, 3.8) is 0 Å². The van der Waals surface area contributed by atoms with E-state index in [0.717, 1.165) is 16.5 Å². The molecule has 0 unspecified atom stereocenters. The lowest BCUT2D eigenvalue weighted by Gasteiger charge is -2.50. The first-order valence-electron chi connectivity index (χ1n) is 9.70. The summed E-state index contributed by atoms with van der Waals surface area (Å²) in [7, 11) is 0. The maximum Gasteiger partial charge on any atom is 0.389 e. The van der Waals surface area contributed by atoms with Gasteiger partial charge < -0.3 is 20.0 Å². The summed E-state index contributed by atoms with van der Waals surface area (Å²) in [6.45, 7) is -1.08. The molecule has 4 N–H and O–H groups in total. The Morgan fingerprint density at radius 1 is 1.20 bits per heavy atom. The highest BCUT2D eigenvalue weighted by Gasteiger charge is 2.59. The van der Waals surface area contributed by atoms with E-state index in [1.54, 1.807) is 12.1 Å². The quantitative estimate of drug-likeness (QED) is 0.735. The summed E-state index contributed by atoms with van der Waals surface area (Å²) in [5.41, 5.74) is 2.08. The van der Waals surface area contributed by atoms with Gasteiger partial charge >= 0.3 is 12.5 Å². The Bertz CT molecular complexity index is 811. The lowest BCUT2D eigenvalue weighted by Crippen LogP contribution is -3.04. The van der Waals surface area contributed by atoms with Crippen LogP contribution >= 0.6 is 0 Å². The van der Waals surface area contributed by atoms with Gasteiger partial charge in [0, 0.05) is 23.5 Å². The maximum absolute atomic E-state index is 12.7. The number of H-pyrrole nitrogens is 1. The first-order valence-corrected chi connectivity index (χ1v) is 9.70. The Kier molecular flexibility index (Phi) is 3.39. The zero-order valence-corrected chi connectivity index (χ0v) is 14.4. The smallest absolute Gasteiger partial charge is 0.389 e. The van der Waals surface area contributed by atoms with Crippen molar-refractivity contribution in [2.24, 2.45) is 0 Å². The Balaban J connectivity index is 1.43. The van der Waals surface area contributed by atoms with Gasteiger partial charge in [-0.1, -0.05) is 50.2 Å². The average molecular weight is 340 g/mol. The van der Waals surface area contributed by atoms with Crippen LogP contribution < -0.4 is 5.23 Å². The van der Waals surface area contributed by atoms with Crippen LogP contribution in [0.3, 0.4) is 0 Å². The number of hydrogen-bond donors (Lipinski definition) is 3. The second-order valence-electron chi connectivity index (χ2n) is 8.35. The highest BCUT2D eigenvalue weighted by Crippen LogP contribution is 2.51. The summed E-state index contributed by atoms with van der Waals surface area (Å²) in [6, 6.07) is 5.18. The van der Waals surface area contributed by atoms with Crippen LogP contribution in [0.2, 0.25) is 11.6 Å². The molecule has 2 aromatic rings. The summed E-state index contributed by atoms with van der Waals surface area (Å²) >= 11 is 0. The molecule has 3 fully saturated rings. The summed E-state index contributed by atoms with van der Waals surface area (Å²) in [5.74, 6) is 1.38. The Hall–Kier alpha value is -1.95. The van der Waals surface area contributed by atoms with Crippen LogP contribution in [0.1, 0.15) is 44.1 Å². The van der Waals surface area contributed by atoms with Crippen molar-refractivity contribution >= 4 is 23.4 Å². The van der Waals surface area contributed by atoms with Gasteiger partial charge in [0.15, 0.2) is 0 Å². The Morgan fingerprint density at radius 3 is 2.64 bits per heavy atom. The SMILES string of the molecule is O=C1O[B-]2([NH2+][C@H]1Cc1c[nH]c3ccc(O)cc13)C1CCCC2CCC1. The van der Waals surface area contributed by atoms with Crippen LogP contribution in [-0.2, 0) is 15.9 Å². The first-order chi connectivity index (χ1) is 12.2. The fourth-order valence-corrected chi connectivity index (χ4v) is 6.00. The normalized spacial score (nSPS) is 34.6. The fraction of sp³-hybridized carbons (Fsp3) is 0.526. The van der Waals surface area contributed by atoms with Gasteiger partial charge in [0.1, 0.15) is 11.8 Å². The van der Waals surface area contributed by atoms with Crippen molar-refractivity contribution < 1.29 is 19.8 Å². The topological polar surface area (TPSA) is 78.9 Å². The number of phenols is 1. The van der Waals surface area contributed by atoms with Gasteiger partial charge in [0.2, 0.25) is 0 Å². The molecule has 132 valence electrons. The minimum atomic E-state index is -1.08. The third-order valence-corrected chi connectivity index (χ3v) is 7.12.